The highest BCUT2D eigenvalue weighted by atomic mass is 19.5. The van der Waals surface area contributed by atoms with E-state index in [4.69, 9.17) is 4.74 Å². The molecule has 0 saturated heterocycles. The van der Waals surface area contributed by atoms with Crippen molar-refractivity contribution in [2.24, 2.45) is 0 Å². The van der Waals surface area contributed by atoms with Crippen molar-refractivity contribution in [2.75, 3.05) is 33.1 Å². The molecule has 2 aliphatic rings. The van der Waals surface area contributed by atoms with E-state index in [-0.39, 0.29) is 0 Å². The molecule has 0 unspecified atom stereocenters. The molecule has 30 heavy (non-hydrogen) atoms. The summed E-state index contributed by atoms with van der Waals surface area (Å²) in [5.41, 5.74) is 5.81. The molecule has 1 heterocycles. The molecule has 0 saturated carbocycles. The van der Waals surface area contributed by atoms with Gasteiger partial charge in [-0.25, -0.2) is 4.58 Å². The molecule has 160 valence electrons. The van der Waals surface area contributed by atoms with Crippen LogP contribution in [-0.2, 0) is 4.74 Å². The second kappa shape index (κ2) is 9.65. The first-order valence-corrected chi connectivity index (χ1v) is 9.31. The van der Waals surface area contributed by atoms with Crippen LogP contribution in [0.1, 0.15) is 12.5 Å². The summed E-state index contributed by atoms with van der Waals surface area (Å²) in [4.78, 5) is 2.10. The lowest BCUT2D eigenvalue weighted by Gasteiger charge is -2.18. The third kappa shape index (κ3) is 7.10. The predicted octanol–water partition coefficient (Wildman–Crippen LogP) is 5.46. The van der Waals surface area contributed by atoms with Crippen molar-refractivity contribution < 1.29 is 26.6 Å². The van der Waals surface area contributed by atoms with Crippen LogP contribution in [0.5, 0.6) is 0 Å². The Morgan fingerprint density at radius 2 is 1.40 bits per heavy atom. The average molecular weight is 420 g/mol. The summed E-state index contributed by atoms with van der Waals surface area (Å²) in [7, 11) is 2.19. The van der Waals surface area contributed by atoms with Crippen molar-refractivity contribution in [3.8, 4) is 0 Å². The summed E-state index contributed by atoms with van der Waals surface area (Å²) in [6, 6.07) is 8.59. The van der Waals surface area contributed by atoms with Gasteiger partial charge >= 0.3 is 7.25 Å². The van der Waals surface area contributed by atoms with Gasteiger partial charge in [0.05, 0.1) is 0 Å². The number of nitrogens with zero attached hydrogens (tertiary/aromatic N) is 2. The molecule has 0 radical (unpaired) electrons. The van der Waals surface area contributed by atoms with E-state index in [0.29, 0.717) is 0 Å². The van der Waals surface area contributed by atoms with Crippen molar-refractivity contribution in [1.82, 2.24) is 0 Å². The summed E-state index contributed by atoms with van der Waals surface area (Å²) in [6.45, 7) is 2.00. The van der Waals surface area contributed by atoms with Gasteiger partial charge in [0.15, 0.2) is 5.71 Å². The van der Waals surface area contributed by atoms with Crippen LogP contribution in [0, 0.1) is 0 Å². The van der Waals surface area contributed by atoms with Crippen LogP contribution in [0.25, 0.3) is 5.57 Å². The maximum Gasteiger partial charge on any atom is 0.673 e. The van der Waals surface area contributed by atoms with Crippen LogP contribution >= 0.6 is 0 Å². The summed E-state index contributed by atoms with van der Waals surface area (Å²) in [6.07, 6.45) is 12.6. The lowest BCUT2D eigenvalue weighted by molar-refractivity contribution is -0.462. The molecule has 1 aromatic carbocycles. The fraction of sp³-hybridized carbons (Fsp3) is 0.227. The summed E-state index contributed by atoms with van der Waals surface area (Å²) in [5.74, 6) is 1.79. The molecular formula is C22H25BF4N2O. The molecule has 0 spiro atoms. The fourth-order valence-corrected chi connectivity index (χ4v) is 2.82. The molecule has 1 aliphatic heterocycles. The van der Waals surface area contributed by atoms with Gasteiger partial charge in [0.1, 0.15) is 25.6 Å². The van der Waals surface area contributed by atoms with Crippen molar-refractivity contribution in [1.29, 1.82) is 0 Å². The molecule has 3 rings (SSSR count). The van der Waals surface area contributed by atoms with Gasteiger partial charge in [-0.15, -0.1) is 0 Å². The van der Waals surface area contributed by atoms with E-state index in [2.05, 4.69) is 84.3 Å². The summed E-state index contributed by atoms with van der Waals surface area (Å²) < 4.78 is 47.1. The van der Waals surface area contributed by atoms with Gasteiger partial charge in [-0.1, -0.05) is 12.1 Å². The van der Waals surface area contributed by atoms with Gasteiger partial charge in [-0.3, -0.25) is 0 Å². The Labute approximate surface area is 174 Å². The van der Waals surface area contributed by atoms with Gasteiger partial charge in [-0.2, -0.15) is 0 Å². The molecule has 0 bridgehead atoms. The quantitative estimate of drug-likeness (QED) is 0.359. The highest BCUT2D eigenvalue weighted by molar-refractivity contribution is 6.50. The fourth-order valence-electron chi connectivity index (χ4n) is 2.82. The number of hydrogen-bond acceptors (Lipinski definition) is 2. The van der Waals surface area contributed by atoms with E-state index < -0.39 is 7.25 Å². The first-order chi connectivity index (χ1) is 13.9. The second-order valence-corrected chi connectivity index (χ2v) is 7.20. The number of ether oxygens (including phenoxy) is 1. The minimum atomic E-state index is -6.00. The molecule has 0 amide bonds. The number of allylic oxidation sites excluding steroid dienone is 9. The second-order valence-electron chi connectivity index (χ2n) is 7.20. The molecule has 1 aliphatic carbocycles. The van der Waals surface area contributed by atoms with Crippen LogP contribution in [0.2, 0.25) is 0 Å². The van der Waals surface area contributed by atoms with Crippen LogP contribution in [0.15, 0.2) is 77.8 Å². The van der Waals surface area contributed by atoms with Crippen molar-refractivity contribution in [3.63, 3.8) is 0 Å². The van der Waals surface area contributed by atoms with E-state index in [1.807, 2.05) is 21.0 Å². The topological polar surface area (TPSA) is 15.5 Å². The van der Waals surface area contributed by atoms with Crippen LogP contribution in [0.4, 0.5) is 23.0 Å². The molecule has 8 heteroatoms. The predicted molar refractivity (Wildman–Crippen MR) is 116 cm³/mol. The number of rotatable bonds is 2. The zero-order valence-corrected chi connectivity index (χ0v) is 17.7. The van der Waals surface area contributed by atoms with E-state index in [1.54, 1.807) is 0 Å². The summed E-state index contributed by atoms with van der Waals surface area (Å²) in [5, 5.41) is 0. The van der Waals surface area contributed by atoms with Crippen LogP contribution in [0.3, 0.4) is 0 Å². The Bertz CT molecular complexity index is 938. The molecule has 0 fully saturated rings. The molecule has 0 atom stereocenters. The SMILES string of the molecule is CC1=CC(c2ccc(N(C)C)cc2)=CC(=C2C=CC(=[N+](C)C)C=C2)O1.F[B-](F)(F)F. The largest absolute Gasteiger partial charge is 0.673 e. The van der Waals surface area contributed by atoms with Crippen LogP contribution < -0.4 is 4.90 Å². The van der Waals surface area contributed by atoms with E-state index >= 15 is 0 Å². The minimum absolute atomic E-state index is 0.886. The highest BCUT2D eigenvalue weighted by Crippen LogP contribution is 2.30. The van der Waals surface area contributed by atoms with E-state index in [1.165, 1.54) is 22.5 Å². The Morgan fingerprint density at radius 3 is 1.87 bits per heavy atom. The van der Waals surface area contributed by atoms with Crippen molar-refractivity contribution in [3.05, 3.63) is 83.4 Å². The zero-order chi connectivity index (χ0) is 22.5. The minimum Gasteiger partial charge on any atom is -0.461 e. The van der Waals surface area contributed by atoms with E-state index in [9.17, 15) is 17.3 Å². The molecule has 1 aromatic rings. The third-order valence-electron chi connectivity index (χ3n) is 4.30. The monoisotopic (exact) mass is 420 g/mol. The zero-order valence-electron chi connectivity index (χ0n) is 17.7. The molecule has 0 N–H and O–H groups in total. The summed E-state index contributed by atoms with van der Waals surface area (Å²) >= 11 is 0. The maximum absolute atomic E-state index is 9.75. The Kier molecular flexibility index (Phi) is 7.48. The molecule has 3 nitrogen and oxygen atoms in total. The van der Waals surface area contributed by atoms with Crippen molar-refractivity contribution in [2.45, 2.75) is 6.92 Å². The Morgan fingerprint density at radius 1 is 0.867 bits per heavy atom. The maximum atomic E-state index is 9.75. The Balaban J connectivity index is 0.000000575. The lowest BCUT2D eigenvalue weighted by atomic mass is 9.99. The normalized spacial score (nSPS) is 15.7. The number of anilines is 1. The number of halogens is 4. The molecule has 0 aromatic heterocycles. The van der Waals surface area contributed by atoms with Gasteiger partial charge in [-0.05, 0) is 54.5 Å². The molecular weight excluding hydrogens is 395 g/mol. The first kappa shape index (κ1) is 23.3. The van der Waals surface area contributed by atoms with Crippen LogP contribution in [-0.4, -0.2) is 45.7 Å². The van der Waals surface area contributed by atoms with Gasteiger partial charge in [0, 0.05) is 37.5 Å². The Hall–Kier alpha value is -3.03. The average Bonchev–Trinajstić information content (AvgIpc) is 2.66. The van der Waals surface area contributed by atoms with E-state index in [0.717, 1.165) is 17.1 Å². The smallest absolute Gasteiger partial charge is 0.461 e. The standard InChI is InChI=1S/C22H25N2O.BF4/c1-16-14-19(17-6-10-20(11-7-17)23(2)3)15-22(25-16)18-8-12-21(13-9-18)24(4)5;2-1(3,4)5/h6-15H,1-5H3;/q+1;-1. The number of hydrogen-bond donors (Lipinski definition) is 0. The van der Waals surface area contributed by atoms with Gasteiger partial charge in [0.25, 0.3) is 0 Å². The lowest BCUT2D eigenvalue weighted by Crippen LogP contribution is -2.10. The third-order valence-corrected chi connectivity index (χ3v) is 4.30. The van der Waals surface area contributed by atoms with Gasteiger partial charge < -0.3 is 26.9 Å². The first-order valence-electron chi connectivity index (χ1n) is 9.31. The van der Waals surface area contributed by atoms with Crippen molar-refractivity contribution >= 4 is 24.2 Å². The highest BCUT2D eigenvalue weighted by Gasteiger charge is 2.20. The number of benzene rings is 1. The van der Waals surface area contributed by atoms with Gasteiger partial charge in [0.2, 0.25) is 0 Å².